The molecule has 0 aliphatic heterocycles. The van der Waals surface area contributed by atoms with Gasteiger partial charge in [0.2, 0.25) is 0 Å². The van der Waals surface area contributed by atoms with E-state index in [9.17, 15) is 14.0 Å². The summed E-state index contributed by atoms with van der Waals surface area (Å²) in [6.45, 7) is 1.86. The second-order valence-electron chi connectivity index (χ2n) is 5.32. The number of hydrogen-bond acceptors (Lipinski definition) is 4. The Labute approximate surface area is 160 Å². The number of thiazole rings is 1. The van der Waals surface area contributed by atoms with Gasteiger partial charge in [0, 0.05) is 10.0 Å². The number of rotatable bonds is 4. The number of benzene rings is 2. The summed E-state index contributed by atoms with van der Waals surface area (Å²) < 4.78 is 21.4. The van der Waals surface area contributed by atoms with Crippen molar-refractivity contribution >= 4 is 49.4 Å². The van der Waals surface area contributed by atoms with Crippen LogP contribution in [0.5, 0.6) is 0 Å². The molecule has 0 saturated carbocycles. The molecule has 3 rings (SSSR count). The lowest BCUT2D eigenvalue weighted by atomic mass is 10.2. The van der Waals surface area contributed by atoms with Crippen LogP contribution in [0.3, 0.4) is 0 Å². The number of carbonyl (C=O) groups is 2. The molecule has 26 heavy (non-hydrogen) atoms. The van der Waals surface area contributed by atoms with Crippen molar-refractivity contribution < 1.29 is 18.7 Å². The standard InChI is InChI=1S/C18H14BrFN2O3S/c1-2-25-16(23)10-22-14-7-6-13(20)9-15(14)26-18(22)21-17(24)11-4-3-5-12(19)8-11/h3-9H,2,10H2,1H3. The Bertz CT molecular complexity index is 1060. The van der Waals surface area contributed by atoms with Crippen LogP contribution in [-0.4, -0.2) is 23.1 Å². The number of hydrogen-bond donors (Lipinski definition) is 0. The van der Waals surface area contributed by atoms with Crippen molar-refractivity contribution in [3.8, 4) is 0 Å². The first-order chi connectivity index (χ1) is 12.5. The first-order valence-corrected chi connectivity index (χ1v) is 9.38. The Morgan fingerprint density at radius 3 is 2.81 bits per heavy atom. The maximum Gasteiger partial charge on any atom is 0.326 e. The molecule has 0 aliphatic carbocycles. The highest BCUT2D eigenvalue weighted by atomic mass is 79.9. The third kappa shape index (κ3) is 4.08. The molecule has 0 aliphatic rings. The van der Waals surface area contributed by atoms with Gasteiger partial charge in [-0.3, -0.25) is 9.59 Å². The van der Waals surface area contributed by atoms with Crippen LogP contribution in [-0.2, 0) is 16.1 Å². The Morgan fingerprint density at radius 1 is 1.27 bits per heavy atom. The van der Waals surface area contributed by atoms with Gasteiger partial charge in [-0.2, -0.15) is 4.99 Å². The molecule has 134 valence electrons. The fourth-order valence-corrected chi connectivity index (χ4v) is 3.85. The molecule has 0 fully saturated rings. The monoisotopic (exact) mass is 436 g/mol. The lowest BCUT2D eigenvalue weighted by Crippen LogP contribution is -2.23. The van der Waals surface area contributed by atoms with E-state index >= 15 is 0 Å². The number of amides is 1. The molecule has 0 atom stereocenters. The molecule has 1 amide bonds. The summed E-state index contributed by atoms with van der Waals surface area (Å²) in [7, 11) is 0. The molecule has 0 N–H and O–H groups in total. The molecule has 2 aromatic carbocycles. The molecule has 0 unspecified atom stereocenters. The fourth-order valence-electron chi connectivity index (χ4n) is 2.39. The Balaban J connectivity index is 2.11. The van der Waals surface area contributed by atoms with Gasteiger partial charge in [0.1, 0.15) is 12.4 Å². The van der Waals surface area contributed by atoms with E-state index in [2.05, 4.69) is 20.9 Å². The minimum absolute atomic E-state index is 0.107. The Morgan fingerprint density at radius 2 is 2.08 bits per heavy atom. The van der Waals surface area contributed by atoms with E-state index in [1.54, 1.807) is 41.8 Å². The molecular weight excluding hydrogens is 423 g/mol. The third-order valence-electron chi connectivity index (χ3n) is 3.51. The molecule has 0 saturated heterocycles. The van der Waals surface area contributed by atoms with Crippen LogP contribution in [0.25, 0.3) is 10.2 Å². The van der Waals surface area contributed by atoms with Crippen molar-refractivity contribution in [3.05, 3.63) is 63.1 Å². The maximum atomic E-state index is 13.5. The van der Waals surface area contributed by atoms with Gasteiger partial charge in [0.05, 0.1) is 16.8 Å². The summed E-state index contributed by atoms with van der Waals surface area (Å²) >= 11 is 4.46. The summed E-state index contributed by atoms with van der Waals surface area (Å²) in [4.78, 5) is 28.9. The fraction of sp³-hybridized carbons (Fsp3) is 0.167. The summed E-state index contributed by atoms with van der Waals surface area (Å²) in [6.07, 6.45) is 0. The van der Waals surface area contributed by atoms with Crippen LogP contribution < -0.4 is 4.80 Å². The molecule has 5 nitrogen and oxygen atoms in total. The Hall–Kier alpha value is -2.32. The van der Waals surface area contributed by atoms with E-state index < -0.39 is 17.7 Å². The second-order valence-corrected chi connectivity index (χ2v) is 7.24. The number of fused-ring (bicyclic) bond motifs is 1. The summed E-state index contributed by atoms with van der Waals surface area (Å²) in [5.41, 5.74) is 1.02. The van der Waals surface area contributed by atoms with Gasteiger partial charge in [0.15, 0.2) is 4.80 Å². The zero-order valence-corrected chi connectivity index (χ0v) is 16.1. The van der Waals surface area contributed by atoms with Gasteiger partial charge in [0.25, 0.3) is 5.91 Å². The van der Waals surface area contributed by atoms with Crippen molar-refractivity contribution in [2.75, 3.05) is 6.61 Å². The third-order valence-corrected chi connectivity index (χ3v) is 5.04. The molecule has 8 heteroatoms. The van der Waals surface area contributed by atoms with Crippen LogP contribution in [0.1, 0.15) is 17.3 Å². The molecule has 1 aromatic heterocycles. The Kier molecular flexibility index (Phi) is 5.63. The zero-order chi connectivity index (χ0) is 18.7. The lowest BCUT2D eigenvalue weighted by Gasteiger charge is -2.05. The predicted octanol–water partition coefficient (Wildman–Crippen LogP) is 3.91. The van der Waals surface area contributed by atoms with Crippen LogP contribution in [0, 0.1) is 5.82 Å². The second kappa shape index (κ2) is 7.92. The summed E-state index contributed by atoms with van der Waals surface area (Å²) in [6, 6.07) is 11.1. The van der Waals surface area contributed by atoms with Crippen molar-refractivity contribution in [2.24, 2.45) is 4.99 Å². The topological polar surface area (TPSA) is 60.7 Å². The summed E-state index contributed by atoms with van der Waals surface area (Å²) in [5.74, 6) is -1.30. The molecular formula is C18H14BrFN2O3S. The van der Waals surface area contributed by atoms with E-state index in [1.165, 1.54) is 12.1 Å². The largest absolute Gasteiger partial charge is 0.465 e. The SMILES string of the molecule is CCOC(=O)Cn1c(=NC(=O)c2cccc(Br)c2)sc2cc(F)ccc21. The van der Waals surface area contributed by atoms with Crippen molar-refractivity contribution in [1.29, 1.82) is 0 Å². The van der Waals surface area contributed by atoms with Crippen molar-refractivity contribution in [3.63, 3.8) is 0 Å². The van der Waals surface area contributed by atoms with E-state index in [0.717, 1.165) is 15.8 Å². The van der Waals surface area contributed by atoms with Crippen LogP contribution in [0.4, 0.5) is 4.39 Å². The first-order valence-electron chi connectivity index (χ1n) is 7.77. The number of aromatic nitrogens is 1. The van der Waals surface area contributed by atoms with E-state index in [0.29, 0.717) is 20.6 Å². The van der Waals surface area contributed by atoms with Gasteiger partial charge in [-0.1, -0.05) is 33.3 Å². The quantitative estimate of drug-likeness (QED) is 0.582. The minimum Gasteiger partial charge on any atom is -0.465 e. The van der Waals surface area contributed by atoms with Crippen molar-refractivity contribution in [1.82, 2.24) is 4.57 Å². The van der Waals surface area contributed by atoms with E-state index in [1.807, 2.05) is 0 Å². The number of ether oxygens (including phenoxy) is 1. The van der Waals surface area contributed by atoms with Gasteiger partial charge in [-0.25, -0.2) is 4.39 Å². The average molecular weight is 437 g/mol. The van der Waals surface area contributed by atoms with E-state index in [-0.39, 0.29) is 13.2 Å². The average Bonchev–Trinajstić information content (AvgIpc) is 2.91. The van der Waals surface area contributed by atoms with Gasteiger partial charge >= 0.3 is 5.97 Å². The van der Waals surface area contributed by atoms with Crippen LogP contribution in [0.15, 0.2) is 51.9 Å². The first kappa shape index (κ1) is 18.5. The molecule has 0 radical (unpaired) electrons. The lowest BCUT2D eigenvalue weighted by molar-refractivity contribution is -0.143. The molecule has 0 bridgehead atoms. The normalized spacial score (nSPS) is 11.7. The molecule has 1 heterocycles. The zero-order valence-electron chi connectivity index (χ0n) is 13.7. The van der Waals surface area contributed by atoms with Gasteiger partial charge in [-0.05, 0) is 43.3 Å². The smallest absolute Gasteiger partial charge is 0.326 e. The number of esters is 1. The van der Waals surface area contributed by atoms with Crippen molar-refractivity contribution in [2.45, 2.75) is 13.5 Å². The minimum atomic E-state index is -0.451. The molecule has 3 aromatic rings. The number of carbonyl (C=O) groups excluding carboxylic acids is 2. The maximum absolute atomic E-state index is 13.5. The number of halogens is 2. The summed E-state index contributed by atoms with van der Waals surface area (Å²) in [5, 5.41) is 0. The van der Waals surface area contributed by atoms with Crippen LogP contribution >= 0.6 is 27.3 Å². The number of nitrogens with zero attached hydrogens (tertiary/aromatic N) is 2. The molecule has 0 spiro atoms. The van der Waals surface area contributed by atoms with E-state index in [4.69, 9.17) is 4.74 Å². The highest BCUT2D eigenvalue weighted by Gasteiger charge is 2.13. The van der Waals surface area contributed by atoms with Crippen LogP contribution in [0.2, 0.25) is 0 Å². The highest BCUT2D eigenvalue weighted by Crippen LogP contribution is 2.19. The van der Waals surface area contributed by atoms with Gasteiger partial charge < -0.3 is 9.30 Å². The predicted molar refractivity (Wildman–Crippen MR) is 100 cm³/mol. The highest BCUT2D eigenvalue weighted by molar-refractivity contribution is 9.10. The van der Waals surface area contributed by atoms with Gasteiger partial charge in [-0.15, -0.1) is 0 Å².